The summed E-state index contributed by atoms with van der Waals surface area (Å²) in [6.45, 7) is 9.82. The molecule has 4 heteroatoms. The second-order valence-electron chi connectivity index (χ2n) is 4.01. The first-order valence-corrected chi connectivity index (χ1v) is 5.72. The van der Waals surface area contributed by atoms with Gasteiger partial charge in [-0.25, -0.2) is 0 Å². The smallest absolute Gasteiger partial charge is 0.498 e. The van der Waals surface area contributed by atoms with Crippen LogP contribution in [0.4, 0.5) is 0 Å². The monoisotopic (exact) mass is 244 g/mol. The summed E-state index contributed by atoms with van der Waals surface area (Å²) in [5.74, 6) is 0. The molecule has 16 heavy (non-hydrogen) atoms. The van der Waals surface area contributed by atoms with E-state index in [-0.39, 0.29) is 18.1 Å². The Kier molecular flexibility index (Phi) is 6.34. The van der Waals surface area contributed by atoms with Crippen molar-refractivity contribution >= 4 is 0 Å². The molecule has 0 unspecified atom stereocenters. The van der Waals surface area contributed by atoms with Crippen molar-refractivity contribution in [3.8, 4) is 0 Å². The molecular formula is C12H21ClN2O. The van der Waals surface area contributed by atoms with E-state index in [2.05, 4.69) is 19.9 Å². The first-order chi connectivity index (χ1) is 7.11. The molecule has 0 N–H and O–H groups in total. The maximum Gasteiger partial charge on any atom is 0.498 e. The van der Waals surface area contributed by atoms with Crippen molar-refractivity contribution in [2.75, 3.05) is 0 Å². The van der Waals surface area contributed by atoms with Gasteiger partial charge in [0.05, 0.1) is 13.1 Å². The third kappa shape index (κ3) is 3.08. The predicted molar refractivity (Wildman–Crippen MR) is 61.0 cm³/mol. The van der Waals surface area contributed by atoms with Crippen LogP contribution in [0, 0.1) is 13.8 Å². The molecule has 0 fully saturated rings. The second kappa shape index (κ2) is 6.69. The molecule has 1 rings (SSSR count). The largest absolute Gasteiger partial charge is 1.00 e. The lowest BCUT2D eigenvalue weighted by Gasteiger charge is -2.07. The van der Waals surface area contributed by atoms with Crippen molar-refractivity contribution in [2.45, 2.75) is 53.6 Å². The summed E-state index contributed by atoms with van der Waals surface area (Å²) in [5, 5.41) is 0. The lowest BCUT2D eigenvalue weighted by molar-refractivity contribution is -0.721. The van der Waals surface area contributed by atoms with Gasteiger partial charge in [0.15, 0.2) is 0 Å². The SMILES string of the molecule is CCCn1c(C)cc(C)[n+](CCC)c1=O.[Cl-]. The number of aryl methyl sites for hydroxylation is 2. The molecule has 0 saturated heterocycles. The lowest BCUT2D eigenvalue weighted by Crippen LogP contribution is -3.00. The zero-order valence-corrected chi connectivity index (χ0v) is 11.3. The van der Waals surface area contributed by atoms with Crippen molar-refractivity contribution in [3.05, 3.63) is 27.9 Å². The lowest BCUT2D eigenvalue weighted by atomic mass is 10.3. The maximum absolute atomic E-state index is 12.1. The highest BCUT2D eigenvalue weighted by Crippen LogP contribution is 1.97. The molecule has 1 heterocycles. The Hall–Kier alpha value is -0.830. The van der Waals surface area contributed by atoms with Crippen LogP contribution < -0.4 is 22.7 Å². The quantitative estimate of drug-likeness (QED) is 0.597. The van der Waals surface area contributed by atoms with Gasteiger partial charge in [-0.05, 0) is 26.7 Å². The Morgan fingerprint density at radius 3 is 2.38 bits per heavy atom. The van der Waals surface area contributed by atoms with E-state index in [9.17, 15) is 4.79 Å². The third-order valence-electron chi connectivity index (χ3n) is 2.63. The van der Waals surface area contributed by atoms with Crippen molar-refractivity contribution in [1.82, 2.24) is 4.57 Å². The number of halogens is 1. The zero-order valence-electron chi connectivity index (χ0n) is 10.6. The van der Waals surface area contributed by atoms with Crippen LogP contribution in [0.25, 0.3) is 0 Å². The molecule has 0 aromatic carbocycles. The normalized spacial score (nSPS) is 10.0. The van der Waals surface area contributed by atoms with E-state index < -0.39 is 0 Å². The van der Waals surface area contributed by atoms with Crippen molar-refractivity contribution in [3.63, 3.8) is 0 Å². The number of rotatable bonds is 4. The van der Waals surface area contributed by atoms with Gasteiger partial charge >= 0.3 is 5.69 Å². The van der Waals surface area contributed by atoms with Gasteiger partial charge in [-0.3, -0.25) is 0 Å². The summed E-state index contributed by atoms with van der Waals surface area (Å²) in [7, 11) is 0. The summed E-state index contributed by atoms with van der Waals surface area (Å²) in [4.78, 5) is 12.1. The molecule has 0 amide bonds. The third-order valence-corrected chi connectivity index (χ3v) is 2.63. The molecule has 0 aliphatic carbocycles. The molecule has 1 aromatic heterocycles. The summed E-state index contributed by atoms with van der Waals surface area (Å²) < 4.78 is 3.73. The molecule has 1 aromatic rings. The molecule has 0 aliphatic heterocycles. The predicted octanol–water partition coefficient (Wildman–Crippen LogP) is -1.42. The fraction of sp³-hybridized carbons (Fsp3) is 0.667. The van der Waals surface area contributed by atoms with Crippen LogP contribution in [0.5, 0.6) is 0 Å². The van der Waals surface area contributed by atoms with Crippen LogP contribution >= 0.6 is 0 Å². The molecule has 0 saturated carbocycles. The van der Waals surface area contributed by atoms with Gasteiger partial charge < -0.3 is 12.4 Å². The zero-order chi connectivity index (χ0) is 11.4. The van der Waals surface area contributed by atoms with Gasteiger partial charge in [-0.15, -0.1) is 0 Å². The molecule has 0 spiro atoms. The van der Waals surface area contributed by atoms with E-state index in [4.69, 9.17) is 0 Å². The number of hydrogen-bond acceptors (Lipinski definition) is 1. The molecule has 0 radical (unpaired) electrons. The molecule has 92 valence electrons. The fourth-order valence-corrected chi connectivity index (χ4v) is 1.90. The highest BCUT2D eigenvalue weighted by molar-refractivity contribution is 5.02. The second-order valence-corrected chi connectivity index (χ2v) is 4.01. The average molecular weight is 245 g/mol. The number of aromatic nitrogens is 2. The van der Waals surface area contributed by atoms with E-state index in [0.717, 1.165) is 37.3 Å². The van der Waals surface area contributed by atoms with E-state index >= 15 is 0 Å². The van der Waals surface area contributed by atoms with Crippen LogP contribution in [0.2, 0.25) is 0 Å². The van der Waals surface area contributed by atoms with Crippen LogP contribution in [0.3, 0.4) is 0 Å². The summed E-state index contributed by atoms with van der Waals surface area (Å²) in [6, 6.07) is 2.09. The van der Waals surface area contributed by atoms with Gasteiger partial charge in [-0.2, -0.15) is 13.9 Å². The Morgan fingerprint density at radius 2 is 1.88 bits per heavy atom. The van der Waals surface area contributed by atoms with Crippen molar-refractivity contribution < 1.29 is 17.0 Å². The van der Waals surface area contributed by atoms with E-state index in [1.807, 2.05) is 23.0 Å². The van der Waals surface area contributed by atoms with Gasteiger partial charge in [0.25, 0.3) is 0 Å². The van der Waals surface area contributed by atoms with Crippen LogP contribution in [-0.4, -0.2) is 4.57 Å². The Balaban J connectivity index is 0.00000225. The Labute approximate surface area is 104 Å². The average Bonchev–Trinajstić information content (AvgIpc) is 2.19. The van der Waals surface area contributed by atoms with Gasteiger partial charge in [0.2, 0.25) is 0 Å². The maximum atomic E-state index is 12.1. The van der Waals surface area contributed by atoms with Crippen LogP contribution in [0.15, 0.2) is 10.9 Å². The summed E-state index contributed by atoms with van der Waals surface area (Å²) >= 11 is 0. The number of hydrogen-bond donors (Lipinski definition) is 0. The minimum Gasteiger partial charge on any atom is -1.00 e. The molecule has 0 aliphatic rings. The first-order valence-electron chi connectivity index (χ1n) is 5.72. The molecule has 0 atom stereocenters. The number of nitrogens with zero attached hydrogens (tertiary/aromatic N) is 2. The van der Waals surface area contributed by atoms with Gasteiger partial charge in [0.1, 0.15) is 11.4 Å². The topological polar surface area (TPSA) is 25.9 Å². The Morgan fingerprint density at radius 1 is 1.25 bits per heavy atom. The highest BCUT2D eigenvalue weighted by atomic mass is 35.5. The van der Waals surface area contributed by atoms with Gasteiger partial charge in [0, 0.05) is 6.07 Å². The minimum atomic E-state index is 0. The molecular weight excluding hydrogens is 224 g/mol. The minimum absolute atomic E-state index is 0. The van der Waals surface area contributed by atoms with Crippen LogP contribution in [0.1, 0.15) is 38.1 Å². The summed E-state index contributed by atoms with van der Waals surface area (Å²) in [6.07, 6.45) is 1.99. The van der Waals surface area contributed by atoms with Crippen molar-refractivity contribution in [1.29, 1.82) is 0 Å². The van der Waals surface area contributed by atoms with Gasteiger partial charge in [-0.1, -0.05) is 13.8 Å². The van der Waals surface area contributed by atoms with Crippen LogP contribution in [-0.2, 0) is 13.1 Å². The standard InChI is InChI=1S/C12H21N2O.ClH/c1-5-7-13-10(3)9-11(4)14(8-6-2)12(13)15;/h9H,5-8H2,1-4H3;1H/q+1;/p-1. The molecule has 0 bridgehead atoms. The van der Waals surface area contributed by atoms with Crippen molar-refractivity contribution in [2.24, 2.45) is 0 Å². The highest BCUT2D eigenvalue weighted by Gasteiger charge is 2.15. The van der Waals surface area contributed by atoms with E-state index in [1.54, 1.807) is 0 Å². The summed E-state index contributed by atoms with van der Waals surface area (Å²) in [5.41, 5.74) is 2.26. The van der Waals surface area contributed by atoms with E-state index in [0.29, 0.717) is 0 Å². The molecule has 3 nitrogen and oxygen atoms in total. The Bertz CT molecular complexity index is 365. The fourth-order valence-electron chi connectivity index (χ4n) is 1.90. The van der Waals surface area contributed by atoms with E-state index in [1.165, 1.54) is 0 Å². The first kappa shape index (κ1) is 15.2.